The highest BCUT2D eigenvalue weighted by atomic mass is 16.5. The van der Waals surface area contributed by atoms with Gasteiger partial charge < -0.3 is 19.8 Å². The molecule has 2 amide bonds. The van der Waals surface area contributed by atoms with Gasteiger partial charge in [-0.2, -0.15) is 0 Å². The minimum Gasteiger partial charge on any atom is -0.496 e. The fourth-order valence-electron chi connectivity index (χ4n) is 2.04. The third-order valence-electron chi connectivity index (χ3n) is 3.19. The molecule has 2 rings (SSSR count). The molecule has 1 heterocycles. The summed E-state index contributed by atoms with van der Waals surface area (Å²) < 4.78 is 10.2. The van der Waals surface area contributed by atoms with Crippen LogP contribution >= 0.6 is 0 Å². The number of amides is 2. The van der Waals surface area contributed by atoms with Crippen molar-refractivity contribution in [1.29, 1.82) is 0 Å². The lowest BCUT2D eigenvalue weighted by atomic mass is 10.2. The van der Waals surface area contributed by atoms with E-state index >= 15 is 0 Å². The van der Waals surface area contributed by atoms with E-state index in [4.69, 9.17) is 9.15 Å². The quantitative estimate of drug-likeness (QED) is 0.888. The first-order valence-corrected chi connectivity index (χ1v) is 6.78. The number of nitrogens with one attached hydrogen (secondary N) is 2. The number of hydrogen-bond acceptors (Lipinski definition) is 4. The molecule has 0 fully saturated rings. The molecular weight excluding hydrogens is 284 g/mol. The zero-order valence-electron chi connectivity index (χ0n) is 12.7. The first-order valence-electron chi connectivity index (χ1n) is 6.78. The van der Waals surface area contributed by atoms with Crippen molar-refractivity contribution in [3.8, 4) is 5.75 Å². The second-order valence-electron chi connectivity index (χ2n) is 4.81. The van der Waals surface area contributed by atoms with Crippen LogP contribution < -0.4 is 15.4 Å². The topological polar surface area (TPSA) is 80.6 Å². The predicted molar refractivity (Wildman–Crippen MR) is 82.1 cm³/mol. The van der Waals surface area contributed by atoms with Gasteiger partial charge in [-0.05, 0) is 43.7 Å². The lowest BCUT2D eigenvalue weighted by Gasteiger charge is -2.09. The molecule has 0 aliphatic rings. The number of benzene rings is 1. The van der Waals surface area contributed by atoms with E-state index in [2.05, 4.69) is 10.6 Å². The van der Waals surface area contributed by atoms with Gasteiger partial charge in [-0.1, -0.05) is 0 Å². The molecule has 0 saturated carbocycles. The molecule has 0 unspecified atom stereocenters. The molecule has 0 radical (unpaired) electrons. The van der Waals surface area contributed by atoms with Crippen molar-refractivity contribution in [2.24, 2.45) is 0 Å². The number of rotatable bonds is 5. The SMILES string of the molecule is COc1ccc(NC(=O)CNC(=O)c2ccoc2C)cc1C. The molecule has 1 aromatic carbocycles. The van der Waals surface area contributed by atoms with Gasteiger partial charge in [0.1, 0.15) is 11.5 Å². The van der Waals surface area contributed by atoms with Crippen LogP contribution in [0, 0.1) is 13.8 Å². The Morgan fingerprint density at radius 3 is 2.59 bits per heavy atom. The minimum atomic E-state index is -0.340. The number of furan rings is 1. The highest BCUT2D eigenvalue weighted by Crippen LogP contribution is 2.21. The van der Waals surface area contributed by atoms with E-state index in [9.17, 15) is 9.59 Å². The van der Waals surface area contributed by atoms with Gasteiger partial charge in [0, 0.05) is 5.69 Å². The van der Waals surface area contributed by atoms with Crippen LogP contribution in [0.15, 0.2) is 34.9 Å². The van der Waals surface area contributed by atoms with Crippen molar-refractivity contribution < 1.29 is 18.7 Å². The van der Waals surface area contributed by atoms with Gasteiger partial charge in [0.25, 0.3) is 5.91 Å². The van der Waals surface area contributed by atoms with Crippen LogP contribution in [0.4, 0.5) is 5.69 Å². The second-order valence-corrected chi connectivity index (χ2v) is 4.81. The Morgan fingerprint density at radius 1 is 1.23 bits per heavy atom. The molecule has 0 bridgehead atoms. The summed E-state index contributed by atoms with van der Waals surface area (Å²) in [5.74, 6) is 0.622. The standard InChI is InChI=1S/C16H18N2O4/c1-10-8-12(4-5-14(10)21-3)18-15(19)9-17-16(20)13-6-7-22-11(13)2/h4-8H,9H2,1-3H3,(H,17,20)(H,18,19). The molecule has 0 saturated heterocycles. The molecule has 6 nitrogen and oxygen atoms in total. The van der Waals surface area contributed by atoms with Crippen LogP contribution in [0.25, 0.3) is 0 Å². The fourth-order valence-corrected chi connectivity index (χ4v) is 2.04. The molecular formula is C16H18N2O4. The average Bonchev–Trinajstić information content (AvgIpc) is 2.91. The zero-order chi connectivity index (χ0) is 16.1. The number of anilines is 1. The summed E-state index contributed by atoms with van der Waals surface area (Å²) in [5, 5.41) is 5.26. The molecule has 22 heavy (non-hydrogen) atoms. The Hall–Kier alpha value is -2.76. The summed E-state index contributed by atoms with van der Waals surface area (Å²) in [4.78, 5) is 23.7. The summed E-state index contributed by atoms with van der Waals surface area (Å²) in [6, 6.07) is 6.89. The Labute approximate surface area is 128 Å². The first kappa shape index (κ1) is 15.6. The van der Waals surface area contributed by atoms with Crippen molar-refractivity contribution in [3.05, 3.63) is 47.4 Å². The van der Waals surface area contributed by atoms with Crippen LogP contribution in [-0.4, -0.2) is 25.5 Å². The van der Waals surface area contributed by atoms with Gasteiger partial charge in [-0.15, -0.1) is 0 Å². The van der Waals surface area contributed by atoms with Crippen molar-refractivity contribution in [2.45, 2.75) is 13.8 Å². The summed E-state index contributed by atoms with van der Waals surface area (Å²) in [7, 11) is 1.59. The Bertz CT molecular complexity index is 691. The number of methoxy groups -OCH3 is 1. The van der Waals surface area contributed by atoms with E-state index in [1.165, 1.54) is 6.26 Å². The van der Waals surface area contributed by atoms with Gasteiger partial charge in [0.2, 0.25) is 5.91 Å². The van der Waals surface area contributed by atoms with E-state index in [1.54, 1.807) is 38.3 Å². The second kappa shape index (κ2) is 6.80. The molecule has 0 atom stereocenters. The van der Waals surface area contributed by atoms with Gasteiger partial charge in [0.05, 0.1) is 25.5 Å². The monoisotopic (exact) mass is 302 g/mol. The average molecular weight is 302 g/mol. The van der Waals surface area contributed by atoms with E-state index in [0.29, 0.717) is 17.0 Å². The number of carbonyl (C=O) groups is 2. The Morgan fingerprint density at radius 2 is 2.00 bits per heavy atom. The van der Waals surface area contributed by atoms with E-state index in [0.717, 1.165) is 11.3 Å². The maximum Gasteiger partial charge on any atom is 0.255 e. The molecule has 0 aliphatic heterocycles. The molecule has 1 aromatic heterocycles. The molecule has 2 N–H and O–H groups in total. The van der Waals surface area contributed by atoms with Crippen molar-refractivity contribution in [2.75, 3.05) is 19.0 Å². The molecule has 6 heteroatoms. The highest BCUT2D eigenvalue weighted by Gasteiger charge is 2.12. The van der Waals surface area contributed by atoms with Gasteiger partial charge in [-0.25, -0.2) is 0 Å². The predicted octanol–water partition coefficient (Wildman–Crippen LogP) is 2.27. The van der Waals surface area contributed by atoms with E-state index in [-0.39, 0.29) is 18.4 Å². The van der Waals surface area contributed by atoms with Crippen molar-refractivity contribution in [1.82, 2.24) is 5.32 Å². The van der Waals surface area contributed by atoms with Gasteiger partial charge in [-0.3, -0.25) is 9.59 Å². The Balaban J connectivity index is 1.89. The summed E-state index contributed by atoms with van der Waals surface area (Å²) in [6.07, 6.45) is 1.43. The van der Waals surface area contributed by atoms with E-state index < -0.39 is 0 Å². The highest BCUT2D eigenvalue weighted by molar-refractivity contribution is 5.99. The first-order chi connectivity index (χ1) is 10.5. The number of aryl methyl sites for hydroxylation is 2. The van der Waals surface area contributed by atoms with E-state index in [1.807, 2.05) is 6.92 Å². The van der Waals surface area contributed by atoms with Crippen LogP contribution in [0.5, 0.6) is 5.75 Å². The molecule has 0 spiro atoms. The van der Waals surface area contributed by atoms with Crippen LogP contribution in [0.2, 0.25) is 0 Å². The normalized spacial score (nSPS) is 10.1. The smallest absolute Gasteiger partial charge is 0.255 e. The molecule has 116 valence electrons. The molecule has 0 aliphatic carbocycles. The van der Waals surface area contributed by atoms with Crippen molar-refractivity contribution in [3.63, 3.8) is 0 Å². The van der Waals surface area contributed by atoms with Crippen molar-refractivity contribution >= 4 is 17.5 Å². The lowest BCUT2D eigenvalue weighted by molar-refractivity contribution is -0.115. The minimum absolute atomic E-state index is 0.117. The summed E-state index contributed by atoms with van der Waals surface area (Å²) in [6.45, 7) is 3.46. The lowest BCUT2D eigenvalue weighted by Crippen LogP contribution is -2.32. The Kier molecular flexibility index (Phi) is 4.83. The zero-order valence-corrected chi connectivity index (χ0v) is 12.7. The molecule has 2 aromatic rings. The maximum atomic E-state index is 11.9. The largest absolute Gasteiger partial charge is 0.496 e. The van der Waals surface area contributed by atoms with Crippen LogP contribution in [-0.2, 0) is 4.79 Å². The van der Waals surface area contributed by atoms with Crippen LogP contribution in [0.3, 0.4) is 0 Å². The fraction of sp³-hybridized carbons (Fsp3) is 0.250. The van der Waals surface area contributed by atoms with Gasteiger partial charge in [0.15, 0.2) is 0 Å². The number of carbonyl (C=O) groups excluding carboxylic acids is 2. The summed E-state index contributed by atoms with van der Waals surface area (Å²) >= 11 is 0. The third-order valence-corrected chi connectivity index (χ3v) is 3.19. The number of hydrogen-bond donors (Lipinski definition) is 2. The van der Waals surface area contributed by atoms with Crippen LogP contribution in [0.1, 0.15) is 21.7 Å². The third kappa shape index (κ3) is 3.66. The maximum absolute atomic E-state index is 11.9. The summed E-state index contributed by atoms with van der Waals surface area (Å²) in [5.41, 5.74) is 1.99. The van der Waals surface area contributed by atoms with Gasteiger partial charge >= 0.3 is 0 Å². The number of ether oxygens (including phenoxy) is 1.